The highest BCUT2D eigenvalue weighted by atomic mass is 15.1. The predicted molar refractivity (Wildman–Crippen MR) is 112 cm³/mol. The van der Waals surface area contributed by atoms with Crippen LogP contribution in [0.1, 0.15) is 77.6 Å². The summed E-state index contributed by atoms with van der Waals surface area (Å²) in [6.07, 6.45) is 9.25. The van der Waals surface area contributed by atoms with Crippen LogP contribution in [0.25, 0.3) is 11.0 Å². The molecule has 0 spiro atoms. The molecule has 1 aliphatic heterocycles. The molecule has 0 atom stereocenters. The van der Waals surface area contributed by atoms with Crippen molar-refractivity contribution in [3.63, 3.8) is 0 Å². The van der Waals surface area contributed by atoms with E-state index in [-0.39, 0.29) is 5.41 Å². The number of nitrogens with one attached hydrogen (secondary N) is 1. The maximum atomic E-state index is 4.79. The molecular formula is C23H37N3. The number of nitrogens with zero attached hydrogens (tertiary/aromatic N) is 2. The van der Waals surface area contributed by atoms with E-state index in [0.29, 0.717) is 0 Å². The highest BCUT2D eigenvalue weighted by Crippen LogP contribution is 2.26. The number of aryl methyl sites for hydroxylation is 1. The molecule has 3 rings (SSSR count). The quantitative estimate of drug-likeness (QED) is 0.691. The predicted octanol–water partition coefficient (Wildman–Crippen LogP) is 5.70. The summed E-state index contributed by atoms with van der Waals surface area (Å²) in [6, 6.07) is 6.65. The zero-order valence-corrected chi connectivity index (χ0v) is 17.3. The van der Waals surface area contributed by atoms with Gasteiger partial charge in [0.05, 0.1) is 11.0 Å². The lowest BCUT2D eigenvalue weighted by atomic mass is 9.87. The fourth-order valence-electron chi connectivity index (χ4n) is 4.11. The van der Waals surface area contributed by atoms with Crippen LogP contribution < -0.4 is 0 Å². The Morgan fingerprint density at radius 2 is 1.92 bits per heavy atom. The van der Waals surface area contributed by atoms with Crippen LogP contribution in [0.4, 0.5) is 0 Å². The summed E-state index contributed by atoms with van der Waals surface area (Å²) < 4.78 is 0. The van der Waals surface area contributed by atoms with Gasteiger partial charge in [0.1, 0.15) is 5.82 Å². The van der Waals surface area contributed by atoms with E-state index in [1.54, 1.807) is 0 Å². The Balaban J connectivity index is 1.47. The third-order valence-corrected chi connectivity index (χ3v) is 5.96. The van der Waals surface area contributed by atoms with Gasteiger partial charge in [-0.25, -0.2) is 4.98 Å². The molecule has 0 unspecified atom stereocenters. The maximum Gasteiger partial charge on any atom is 0.107 e. The largest absolute Gasteiger partial charge is 0.342 e. The Labute approximate surface area is 159 Å². The molecule has 1 aromatic carbocycles. The van der Waals surface area contributed by atoms with Crippen molar-refractivity contribution in [2.24, 2.45) is 5.92 Å². The van der Waals surface area contributed by atoms with Gasteiger partial charge in [-0.05, 0) is 67.9 Å². The molecule has 2 aromatic rings. The van der Waals surface area contributed by atoms with E-state index in [1.165, 1.54) is 69.2 Å². The number of aromatic amines is 1. The minimum Gasteiger partial charge on any atom is -0.342 e. The molecule has 3 heteroatoms. The van der Waals surface area contributed by atoms with Crippen LogP contribution in [-0.2, 0) is 11.8 Å². The number of imidazole rings is 1. The second-order valence-electron chi connectivity index (χ2n) is 9.20. The number of benzene rings is 1. The van der Waals surface area contributed by atoms with E-state index in [9.17, 15) is 0 Å². The minimum absolute atomic E-state index is 0.183. The van der Waals surface area contributed by atoms with Gasteiger partial charge in [0, 0.05) is 6.42 Å². The number of hydrogen-bond donors (Lipinski definition) is 1. The highest BCUT2D eigenvalue weighted by Gasteiger charge is 2.18. The van der Waals surface area contributed by atoms with Gasteiger partial charge >= 0.3 is 0 Å². The van der Waals surface area contributed by atoms with Gasteiger partial charge in [0.2, 0.25) is 0 Å². The Morgan fingerprint density at radius 1 is 1.15 bits per heavy atom. The Kier molecular flexibility index (Phi) is 6.39. The Bertz CT molecular complexity index is 687. The average molecular weight is 356 g/mol. The number of piperidine rings is 1. The fourth-order valence-corrected chi connectivity index (χ4v) is 4.11. The molecule has 0 aliphatic carbocycles. The zero-order valence-electron chi connectivity index (χ0n) is 17.3. The van der Waals surface area contributed by atoms with Crippen molar-refractivity contribution in [2.75, 3.05) is 19.6 Å². The number of fused-ring (bicyclic) bond motifs is 1. The van der Waals surface area contributed by atoms with Crippen LogP contribution in [0.5, 0.6) is 0 Å². The molecule has 3 nitrogen and oxygen atoms in total. The summed E-state index contributed by atoms with van der Waals surface area (Å²) in [6.45, 7) is 12.9. The third kappa shape index (κ3) is 5.09. The molecular weight excluding hydrogens is 318 g/mol. The first-order valence-electron chi connectivity index (χ1n) is 10.7. The fraction of sp³-hybridized carbons (Fsp3) is 0.696. The summed E-state index contributed by atoms with van der Waals surface area (Å²) >= 11 is 0. The smallest absolute Gasteiger partial charge is 0.107 e. The Morgan fingerprint density at radius 3 is 2.62 bits per heavy atom. The van der Waals surface area contributed by atoms with E-state index < -0.39 is 0 Å². The van der Waals surface area contributed by atoms with Crippen molar-refractivity contribution in [1.29, 1.82) is 0 Å². The number of likely N-dealkylation sites (tertiary alicyclic amines) is 1. The molecule has 0 saturated carbocycles. The van der Waals surface area contributed by atoms with E-state index >= 15 is 0 Å². The summed E-state index contributed by atoms with van der Waals surface area (Å²) in [5.41, 5.74) is 3.84. The molecule has 144 valence electrons. The topological polar surface area (TPSA) is 31.9 Å². The molecule has 1 aliphatic rings. The van der Waals surface area contributed by atoms with Crippen LogP contribution in [0.3, 0.4) is 0 Å². The maximum absolute atomic E-state index is 4.79. The van der Waals surface area contributed by atoms with Crippen molar-refractivity contribution >= 4 is 11.0 Å². The minimum atomic E-state index is 0.183. The monoisotopic (exact) mass is 355 g/mol. The molecule has 0 amide bonds. The second-order valence-corrected chi connectivity index (χ2v) is 9.20. The van der Waals surface area contributed by atoms with Crippen LogP contribution in [0, 0.1) is 5.92 Å². The molecule has 0 radical (unpaired) electrons. The van der Waals surface area contributed by atoms with E-state index in [4.69, 9.17) is 4.98 Å². The summed E-state index contributed by atoms with van der Waals surface area (Å²) in [7, 11) is 0. The van der Waals surface area contributed by atoms with Gasteiger partial charge in [-0.15, -0.1) is 0 Å². The van der Waals surface area contributed by atoms with E-state index in [2.05, 4.69) is 55.8 Å². The van der Waals surface area contributed by atoms with Gasteiger partial charge in [0.15, 0.2) is 0 Å². The van der Waals surface area contributed by atoms with Crippen LogP contribution in [0.15, 0.2) is 18.2 Å². The van der Waals surface area contributed by atoms with Gasteiger partial charge in [-0.3, -0.25) is 0 Å². The molecule has 1 saturated heterocycles. The van der Waals surface area contributed by atoms with Crippen molar-refractivity contribution < 1.29 is 0 Å². The Hall–Kier alpha value is -1.35. The van der Waals surface area contributed by atoms with Crippen molar-refractivity contribution in [3.05, 3.63) is 29.6 Å². The average Bonchev–Trinajstić information content (AvgIpc) is 3.02. The van der Waals surface area contributed by atoms with Gasteiger partial charge < -0.3 is 9.88 Å². The van der Waals surface area contributed by atoms with Gasteiger partial charge in [0.25, 0.3) is 0 Å². The van der Waals surface area contributed by atoms with Gasteiger partial charge in [-0.1, -0.05) is 53.0 Å². The second kappa shape index (κ2) is 8.56. The molecule has 0 bridgehead atoms. The number of hydrogen-bond acceptors (Lipinski definition) is 2. The summed E-state index contributed by atoms with van der Waals surface area (Å²) in [4.78, 5) is 11.0. The van der Waals surface area contributed by atoms with Crippen molar-refractivity contribution in [1.82, 2.24) is 14.9 Å². The molecule has 1 N–H and O–H groups in total. The first-order valence-corrected chi connectivity index (χ1v) is 10.7. The van der Waals surface area contributed by atoms with Crippen molar-refractivity contribution in [3.8, 4) is 0 Å². The third-order valence-electron chi connectivity index (χ3n) is 5.96. The molecule has 2 heterocycles. The standard InChI is InChI=1S/C23H37N3/c1-5-6-8-18-12-15-26(16-13-18)14-7-9-22-24-20-11-10-19(23(2,3)4)17-21(20)25-22/h10-11,17-18H,5-9,12-16H2,1-4H3,(H,24,25). The normalized spacial score (nSPS) is 17.2. The first-order chi connectivity index (χ1) is 12.5. The first kappa shape index (κ1) is 19.4. The number of unbranched alkanes of at least 4 members (excludes halogenated alkanes) is 1. The summed E-state index contributed by atoms with van der Waals surface area (Å²) in [5.74, 6) is 2.13. The highest BCUT2D eigenvalue weighted by molar-refractivity contribution is 5.76. The zero-order chi connectivity index (χ0) is 18.6. The number of H-pyrrole nitrogens is 1. The molecule has 1 fully saturated rings. The van der Waals surface area contributed by atoms with Crippen LogP contribution in [-0.4, -0.2) is 34.5 Å². The van der Waals surface area contributed by atoms with Crippen LogP contribution in [0.2, 0.25) is 0 Å². The molecule has 1 aromatic heterocycles. The lowest BCUT2D eigenvalue weighted by Crippen LogP contribution is -2.34. The number of rotatable bonds is 7. The summed E-state index contributed by atoms with van der Waals surface area (Å²) in [5, 5.41) is 0. The number of aromatic nitrogens is 2. The SMILES string of the molecule is CCCCC1CCN(CCCc2nc3ccc(C(C)(C)C)cc3[nH]2)CC1. The van der Waals surface area contributed by atoms with E-state index in [0.717, 1.165) is 23.7 Å². The lowest BCUT2D eigenvalue weighted by molar-refractivity contribution is 0.176. The van der Waals surface area contributed by atoms with E-state index in [1.807, 2.05) is 0 Å². The lowest BCUT2D eigenvalue weighted by Gasteiger charge is -2.31. The molecule has 26 heavy (non-hydrogen) atoms. The van der Waals surface area contributed by atoms with Crippen LogP contribution >= 0.6 is 0 Å². The van der Waals surface area contributed by atoms with Gasteiger partial charge in [-0.2, -0.15) is 0 Å². The van der Waals surface area contributed by atoms with Crippen molar-refractivity contribution in [2.45, 2.75) is 78.1 Å².